The molecule has 282 valence electrons. The number of carbonyl (C=O) groups is 6. The van der Waals surface area contributed by atoms with E-state index in [4.69, 9.17) is 9.72 Å². The number of rotatable bonds is 11. The second-order valence-electron chi connectivity index (χ2n) is 14.2. The van der Waals surface area contributed by atoms with Crippen LogP contribution in [0.2, 0.25) is 0 Å². The molecule has 0 spiro atoms. The highest BCUT2D eigenvalue weighted by atomic mass is 16.5. The molecule has 0 bridgehead atoms. The van der Waals surface area contributed by atoms with E-state index in [1.165, 1.54) is 12.0 Å². The van der Waals surface area contributed by atoms with Crippen molar-refractivity contribution in [2.45, 2.75) is 89.4 Å². The standard InChI is InChI=1S/C39H44N8O7/c1-4-28-39(53)45(2)30-20-41-32(43-35(30)47(28)24-8-5-6-9-24)19-22-12-13-23(18-31(22)54-3)36(50)40-17-16-34(49)42-27-11-7-10-25-26(27)21-46(38(25)52)29-14-15-33(48)44-37(29)51/h7,10-13,18,20,24,28-29H,4-6,8-9,14-17,19,21H2,1-3H3,(H,40,50)(H,42,49)(H,44,48,51)/t28-,29?/m1/s1. The van der Waals surface area contributed by atoms with Crippen LogP contribution in [0.3, 0.4) is 0 Å². The maximum absolute atomic E-state index is 13.3. The molecule has 0 radical (unpaired) electrons. The summed E-state index contributed by atoms with van der Waals surface area (Å²) in [6.07, 6.45) is 7.43. The Bertz CT molecular complexity index is 2030. The number of amides is 6. The molecule has 3 aliphatic heterocycles. The van der Waals surface area contributed by atoms with Gasteiger partial charge in [0.15, 0.2) is 5.82 Å². The van der Waals surface area contributed by atoms with Crippen LogP contribution in [0.1, 0.15) is 96.0 Å². The number of methoxy groups -OCH3 is 1. The Balaban J connectivity index is 0.969. The quantitative estimate of drug-likeness (QED) is 0.248. The van der Waals surface area contributed by atoms with Gasteiger partial charge in [0.2, 0.25) is 23.6 Å². The minimum Gasteiger partial charge on any atom is -0.496 e. The van der Waals surface area contributed by atoms with Gasteiger partial charge in [-0.1, -0.05) is 31.9 Å². The van der Waals surface area contributed by atoms with E-state index in [0.29, 0.717) is 52.5 Å². The number of nitrogens with zero attached hydrogens (tertiary/aromatic N) is 5. The number of carbonyl (C=O) groups excluding carboxylic acids is 6. The fraction of sp³-hybridized carbons (Fsp3) is 0.436. The van der Waals surface area contributed by atoms with Gasteiger partial charge in [0.1, 0.15) is 29.3 Å². The third-order valence-corrected chi connectivity index (χ3v) is 10.9. The Morgan fingerprint density at radius 2 is 1.85 bits per heavy atom. The van der Waals surface area contributed by atoms with Gasteiger partial charge in [-0.25, -0.2) is 9.97 Å². The largest absolute Gasteiger partial charge is 0.496 e. The van der Waals surface area contributed by atoms with E-state index in [0.717, 1.165) is 37.1 Å². The minimum atomic E-state index is -0.762. The van der Waals surface area contributed by atoms with E-state index in [9.17, 15) is 28.8 Å². The van der Waals surface area contributed by atoms with Gasteiger partial charge in [0.25, 0.3) is 11.8 Å². The third-order valence-electron chi connectivity index (χ3n) is 10.9. The molecule has 1 saturated heterocycles. The normalized spacial score (nSPS) is 19.8. The molecule has 3 N–H and O–H groups in total. The average Bonchev–Trinajstić information content (AvgIpc) is 3.82. The highest BCUT2D eigenvalue weighted by Gasteiger charge is 2.42. The Morgan fingerprint density at radius 3 is 2.59 bits per heavy atom. The summed E-state index contributed by atoms with van der Waals surface area (Å²) in [5, 5.41) is 7.91. The van der Waals surface area contributed by atoms with Crippen LogP contribution in [0.25, 0.3) is 0 Å². The van der Waals surface area contributed by atoms with Gasteiger partial charge in [0, 0.05) is 73.4 Å². The first-order valence-electron chi connectivity index (χ1n) is 18.5. The Labute approximate surface area is 312 Å². The third kappa shape index (κ3) is 6.97. The fourth-order valence-corrected chi connectivity index (χ4v) is 8.01. The Hall–Kier alpha value is -5.86. The lowest BCUT2D eigenvalue weighted by Crippen LogP contribution is -2.55. The van der Waals surface area contributed by atoms with Gasteiger partial charge < -0.3 is 30.1 Å². The maximum atomic E-state index is 13.3. The summed E-state index contributed by atoms with van der Waals surface area (Å²) in [5.74, 6) is -0.0389. The van der Waals surface area contributed by atoms with E-state index < -0.39 is 11.9 Å². The molecule has 1 aromatic heterocycles. The molecular weight excluding hydrogens is 692 g/mol. The molecule has 1 saturated carbocycles. The molecule has 1 unspecified atom stereocenters. The molecule has 2 atom stereocenters. The van der Waals surface area contributed by atoms with Crippen molar-refractivity contribution in [3.05, 3.63) is 70.7 Å². The summed E-state index contributed by atoms with van der Waals surface area (Å²) < 4.78 is 5.67. The summed E-state index contributed by atoms with van der Waals surface area (Å²) in [6, 6.07) is 9.36. The van der Waals surface area contributed by atoms with Crippen LogP contribution in [0.4, 0.5) is 17.2 Å². The van der Waals surface area contributed by atoms with E-state index in [1.807, 2.05) is 6.92 Å². The topological polar surface area (TPSA) is 183 Å². The summed E-state index contributed by atoms with van der Waals surface area (Å²) >= 11 is 0. The number of hydrogen-bond acceptors (Lipinski definition) is 10. The number of fused-ring (bicyclic) bond motifs is 2. The number of aromatic nitrogens is 2. The monoisotopic (exact) mass is 736 g/mol. The van der Waals surface area contributed by atoms with Crippen molar-refractivity contribution in [1.82, 2.24) is 25.5 Å². The van der Waals surface area contributed by atoms with Gasteiger partial charge in [0.05, 0.1) is 13.3 Å². The zero-order valence-electron chi connectivity index (χ0n) is 30.6. The Kier molecular flexibility index (Phi) is 10.3. The highest BCUT2D eigenvalue weighted by molar-refractivity contribution is 6.07. The molecule has 15 heteroatoms. The summed E-state index contributed by atoms with van der Waals surface area (Å²) in [4.78, 5) is 91.4. The number of piperidine rings is 1. The van der Waals surface area contributed by atoms with E-state index in [-0.39, 0.29) is 74.0 Å². The first kappa shape index (κ1) is 36.5. The number of anilines is 3. The molecule has 2 fully saturated rings. The lowest BCUT2D eigenvalue weighted by Gasteiger charge is -2.43. The highest BCUT2D eigenvalue weighted by Crippen LogP contribution is 2.40. The molecule has 54 heavy (non-hydrogen) atoms. The van der Waals surface area contributed by atoms with Crippen LogP contribution < -0.4 is 30.5 Å². The lowest BCUT2D eigenvalue weighted by molar-refractivity contribution is -0.137. The van der Waals surface area contributed by atoms with Crippen LogP contribution in [0.5, 0.6) is 5.75 Å². The minimum absolute atomic E-state index is 0.0252. The predicted molar refractivity (Wildman–Crippen MR) is 198 cm³/mol. The molecule has 4 heterocycles. The second-order valence-corrected chi connectivity index (χ2v) is 14.2. The summed E-state index contributed by atoms with van der Waals surface area (Å²) in [7, 11) is 3.31. The number of nitrogens with one attached hydrogen (secondary N) is 3. The van der Waals surface area contributed by atoms with Crippen LogP contribution >= 0.6 is 0 Å². The lowest BCUT2D eigenvalue weighted by atomic mass is 10.0. The van der Waals surface area contributed by atoms with Gasteiger partial charge >= 0.3 is 0 Å². The summed E-state index contributed by atoms with van der Waals surface area (Å²) in [5.41, 5.74) is 3.28. The van der Waals surface area contributed by atoms with Crippen LogP contribution in [0.15, 0.2) is 42.6 Å². The average molecular weight is 737 g/mol. The van der Waals surface area contributed by atoms with Crippen molar-refractivity contribution in [2.24, 2.45) is 0 Å². The molecule has 2 aromatic carbocycles. The van der Waals surface area contributed by atoms with Crippen LogP contribution in [-0.2, 0) is 32.1 Å². The zero-order valence-corrected chi connectivity index (χ0v) is 30.6. The van der Waals surface area contributed by atoms with E-state index >= 15 is 0 Å². The molecule has 1 aliphatic carbocycles. The van der Waals surface area contributed by atoms with Crippen molar-refractivity contribution < 1.29 is 33.5 Å². The van der Waals surface area contributed by atoms with Crippen molar-refractivity contribution in [3.63, 3.8) is 0 Å². The van der Waals surface area contributed by atoms with Crippen molar-refractivity contribution in [3.8, 4) is 5.75 Å². The van der Waals surface area contributed by atoms with Crippen molar-refractivity contribution in [2.75, 3.05) is 35.8 Å². The molecule has 4 aliphatic rings. The predicted octanol–water partition coefficient (Wildman–Crippen LogP) is 3.10. The van der Waals surface area contributed by atoms with Gasteiger partial charge in [-0.3, -0.25) is 34.1 Å². The number of imide groups is 1. The second kappa shape index (κ2) is 15.2. The van der Waals surface area contributed by atoms with Gasteiger partial charge in [-0.15, -0.1) is 0 Å². The number of benzene rings is 2. The van der Waals surface area contributed by atoms with Crippen molar-refractivity contribution >= 4 is 52.6 Å². The maximum Gasteiger partial charge on any atom is 0.255 e. The molecule has 15 nitrogen and oxygen atoms in total. The van der Waals surface area contributed by atoms with E-state index in [1.54, 1.807) is 54.5 Å². The first-order valence-corrected chi connectivity index (χ1v) is 18.5. The molecule has 3 aromatic rings. The van der Waals surface area contributed by atoms with Crippen LogP contribution in [0, 0.1) is 0 Å². The zero-order chi connectivity index (χ0) is 38.1. The van der Waals surface area contributed by atoms with Crippen LogP contribution in [-0.4, -0.2) is 89.1 Å². The fourth-order valence-electron chi connectivity index (χ4n) is 8.01. The molecule has 7 rings (SSSR count). The van der Waals surface area contributed by atoms with Crippen molar-refractivity contribution in [1.29, 1.82) is 0 Å². The molecular formula is C39H44N8O7. The van der Waals surface area contributed by atoms with E-state index in [2.05, 4.69) is 25.8 Å². The number of likely N-dealkylation sites (N-methyl/N-ethyl adjacent to an activating group) is 1. The summed E-state index contributed by atoms with van der Waals surface area (Å²) in [6.45, 7) is 2.21. The van der Waals surface area contributed by atoms with Gasteiger partial charge in [-0.2, -0.15) is 0 Å². The SMILES string of the molecule is CC[C@@H]1C(=O)N(C)c2cnc(Cc3ccc(C(=O)NCCC(=O)Nc4cccc5c4CN(C4CCC(=O)NC4=O)C5=O)cc3OC)nc2N1C1CCCC1. The van der Waals surface area contributed by atoms with Gasteiger partial charge in [-0.05, 0) is 49.9 Å². The molecule has 6 amide bonds. The smallest absolute Gasteiger partial charge is 0.255 e. The Morgan fingerprint density at radius 1 is 1.06 bits per heavy atom. The first-order chi connectivity index (χ1) is 26.1. The number of hydrogen-bond donors (Lipinski definition) is 3. The number of ether oxygens (including phenoxy) is 1.